The smallest absolute Gasteiger partial charge is 0.343 e. The van der Waals surface area contributed by atoms with Crippen molar-refractivity contribution in [3.8, 4) is 5.75 Å². The average Bonchev–Trinajstić information content (AvgIpc) is 3.63. The average molecular weight is 473 g/mol. The van der Waals surface area contributed by atoms with Gasteiger partial charge in [0.25, 0.3) is 0 Å². The SMILES string of the molecule is CCCCC[C@H](O)CC[C@@H]1C2Cc3cccc(OCC(=O)OC)c3C[C@H]2C[C@H]1OC(C)C1CC1. The summed E-state index contributed by atoms with van der Waals surface area (Å²) in [6.45, 7) is 4.41. The molecule has 1 aromatic carbocycles. The molecule has 34 heavy (non-hydrogen) atoms. The summed E-state index contributed by atoms with van der Waals surface area (Å²) in [5.74, 6) is 2.85. The number of esters is 1. The molecule has 5 nitrogen and oxygen atoms in total. The molecule has 0 radical (unpaired) electrons. The molecule has 0 bridgehead atoms. The largest absolute Gasteiger partial charge is 0.482 e. The van der Waals surface area contributed by atoms with E-state index in [1.807, 2.05) is 12.1 Å². The molecule has 0 aromatic heterocycles. The maximum atomic E-state index is 11.6. The molecule has 190 valence electrons. The van der Waals surface area contributed by atoms with Gasteiger partial charge in [0.15, 0.2) is 6.61 Å². The number of aliphatic hydroxyl groups is 1. The molecule has 0 aliphatic heterocycles. The molecule has 5 heteroatoms. The zero-order valence-electron chi connectivity index (χ0n) is 21.3. The van der Waals surface area contributed by atoms with Gasteiger partial charge in [-0.25, -0.2) is 4.79 Å². The Hall–Kier alpha value is -1.59. The van der Waals surface area contributed by atoms with Gasteiger partial charge in [-0.15, -0.1) is 0 Å². The third-order valence-electron chi connectivity index (χ3n) is 8.54. The van der Waals surface area contributed by atoms with Crippen LogP contribution in [-0.2, 0) is 27.1 Å². The highest BCUT2D eigenvalue weighted by Crippen LogP contribution is 2.50. The third-order valence-corrected chi connectivity index (χ3v) is 8.54. The number of hydrogen-bond donors (Lipinski definition) is 1. The lowest BCUT2D eigenvalue weighted by molar-refractivity contribution is -0.142. The van der Waals surface area contributed by atoms with Crippen LogP contribution in [0.25, 0.3) is 0 Å². The molecule has 0 heterocycles. The van der Waals surface area contributed by atoms with Gasteiger partial charge >= 0.3 is 5.97 Å². The summed E-state index contributed by atoms with van der Waals surface area (Å²) < 4.78 is 17.3. The summed E-state index contributed by atoms with van der Waals surface area (Å²) >= 11 is 0. The molecule has 0 amide bonds. The normalized spacial score (nSPS) is 27.5. The van der Waals surface area contributed by atoms with Crippen molar-refractivity contribution >= 4 is 5.97 Å². The Bertz CT molecular complexity index is 804. The molecule has 0 spiro atoms. The lowest BCUT2D eigenvalue weighted by atomic mass is 9.73. The molecular weight excluding hydrogens is 428 g/mol. The van der Waals surface area contributed by atoms with Gasteiger partial charge in [-0.3, -0.25) is 0 Å². The number of unbranched alkanes of at least 4 members (excludes halogenated alkanes) is 2. The fraction of sp³-hybridized carbons (Fsp3) is 0.759. The first-order valence-electron chi connectivity index (χ1n) is 13.6. The highest BCUT2D eigenvalue weighted by atomic mass is 16.6. The van der Waals surface area contributed by atoms with Crippen LogP contribution >= 0.6 is 0 Å². The van der Waals surface area contributed by atoms with Crippen molar-refractivity contribution in [1.82, 2.24) is 0 Å². The van der Waals surface area contributed by atoms with Crippen molar-refractivity contribution < 1.29 is 24.1 Å². The predicted molar refractivity (Wildman–Crippen MR) is 133 cm³/mol. The van der Waals surface area contributed by atoms with E-state index in [4.69, 9.17) is 14.2 Å². The van der Waals surface area contributed by atoms with Gasteiger partial charge in [-0.05, 0) is 99.2 Å². The van der Waals surface area contributed by atoms with Crippen LogP contribution in [0.4, 0.5) is 0 Å². The second-order valence-corrected chi connectivity index (χ2v) is 10.9. The maximum Gasteiger partial charge on any atom is 0.343 e. The summed E-state index contributed by atoms with van der Waals surface area (Å²) in [5.41, 5.74) is 2.59. The number of rotatable bonds is 13. The molecule has 2 unspecified atom stereocenters. The van der Waals surface area contributed by atoms with Crippen LogP contribution in [0.2, 0.25) is 0 Å². The van der Waals surface area contributed by atoms with Gasteiger partial charge in [-0.1, -0.05) is 38.3 Å². The van der Waals surface area contributed by atoms with E-state index in [1.54, 1.807) is 0 Å². The second kappa shape index (κ2) is 11.9. The lowest BCUT2D eigenvalue weighted by Crippen LogP contribution is -2.30. The Kier molecular flexibility index (Phi) is 8.92. The number of carbonyl (C=O) groups excluding carboxylic acids is 1. The van der Waals surface area contributed by atoms with E-state index in [1.165, 1.54) is 43.9 Å². The van der Waals surface area contributed by atoms with Crippen LogP contribution in [0.1, 0.15) is 82.8 Å². The zero-order chi connectivity index (χ0) is 24.1. The first kappa shape index (κ1) is 25.5. The summed E-state index contributed by atoms with van der Waals surface area (Å²) in [6, 6.07) is 6.23. The number of ether oxygens (including phenoxy) is 3. The molecule has 0 saturated heterocycles. The Labute approximate surface area is 205 Å². The number of carbonyl (C=O) groups is 1. The Morgan fingerprint density at radius 1 is 1.18 bits per heavy atom. The van der Waals surface area contributed by atoms with Crippen molar-refractivity contribution in [3.63, 3.8) is 0 Å². The Morgan fingerprint density at radius 3 is 2.74 bits per heavy atom. The van der Waals surface area contributed by atoms with Crippen LogP contribution in [-0.4, -0.2) is 43.1 Å². The van der Waals surface area contributed by atoms with E-state index in [-0.39, 0.29) is 24.8 Å². The van der Waals surface area contributed by atoms with Crippen molar-refractivity contribution in [2.45, 2.75) is 103 Å². The lowest BCUT2D eigenvalue weighted by Gasteiger charge is -2.33. The summed E-state index contributed by atoms with van der Waals surface area (Å²) in [6.07, 6.45) is 12.5. The maximum absolute atomic E-state index is 11.6. The van der Waals surface area contributed by atoms with Gasteiger partial charge in [0.1, 0.15) is 5.75 Å². The number of benzene rings is 1. The van der Waals surface area contributed by atoms with Crippen LogP contribution in [0.3, 0.4) is 0 Å². The fourth-order valence-electron chi connectivity index (χ4n) is 6.38. The van der Waals surface area contributed by atoms with E-state index < -0.39 is 0 Å². The Morgan fingerprint density at radius 2 is 2.00 bits per heavy atom. The van der Waals surface area contributed by atoms with Crippen LogP contribution < -0.4 is 4.74 Å². The summed E-state index contributed by atoms with van der Waals surface area (Å²) in [7, 11) is 1.39. The van der Waals surface area contributed by atoms with Crippen molar-refractivity contribution in [3.05, 3.63) is 29.3 Å². The van der Waals surface area contributed by atoms with E-state index in [9.17, 15) is 9.90 Å². The number of fused-ring (bicyclic) bond motifs is 2. The minimum absolute atomic E-state index is 0.0514. The van der Waals surface area contributed by atoms with Crippen LogP contribution in [0.5, 0.6) is 5.75 Å². The number of hydrogen-bond acceptors (Lipinski definition) is 5. The van der Waals surface area contributed by atoms with Crippen molar-refractivity contribution in [2.75, 3.05) is 13.7 Å². The van der Waals surface area contributed by atoms with Gasteiger partial charge in [0, 0.05) is 0 Å². The van der Waals surface area contributed by atoms with E-state index in [2.05, 4.69) is 19.9 Å². The standard InChI is InChI=1S/C29H44O5/c1-4-5-6-9-23(30)13-14-24-25-15-21-8-7-10-27(33-18-29(31)32-3)26(21)16-22(25)17-28(24)34-19(2)20-11-12-20/h7-8,10,19-20,22-25,28,30H,4-6,9,11-18H2,1-3H3/t19?,22-,23-,24+,25?,28+/m0/s1. The highest BCUT2D eigenvalue weighted by Gasteiger charge is 2.47. The molecule has 6 atom stereocenters. The summed E-state index contributed by atoms with van der Waals surface area (Å²) in [4.78, 5) is 11.6. The van der Waals surface area contributed by atoms with Crippen molar-refractivity contribution in [1.29, 1.82) is 0 Å². The topological polar surface area (TPSA) is 65.0 Å². The number of methoxy groups -OCH3 is 1. The molecule has 2 saturated carbocycles. The van der Waals surface area contributed by atoms with Crippen LogP contribution in [0.15, 0.2) is 18.2 Å². The molecule has 2 fully saturated rings. The van der Waals surface area contributed by atoms with Gasteiger partial charge < -0.3 is 19.3 Å². The highest BCUT2D eigenvalue weighted by molar-refractivity contribution is 5.71. The second-order valence-electron chi connectivity index (χ2n) is 10.9. The predicted octanol–water partition coefficient (Wildman–Crippen LogP) is 5.49. The van der Waals surface area contributed by atoms with Crippen molar-refractivity contribution in [2.24, 2.45) is 23.7 Å². The minimum atomic E-state index is -0.354. The van der Waals surface area contributed by atoms with Crippen LogP contribution in [0, 0.1) is 23.7 Å². The minimum Gasteiger partial charge on any atom is -0.482 e. The first-order chi connectivity index (χ1) is 16.5. The molecular formula is C29H44O5. The third kappa shape index (κ3) is 6.34. The molecule has 3 aliphatic carbocycles. The fourth-order valence-corrected chi connectivity index (χ4v) is 6.38. The van der Waals surface area contributed by atoms with Gasteiger partial charge in [-0.2, -0.15) is 0 Å². The van der Waals surface area contributed by atoms with E-state index >= 15 is 0 Å². The monoisotopic (exact) mass is 472 g/mol. The first-order valence-corrected chi connectivity index (χ1v) is 13.6. The molecule has 1 aromatic rings. The Balaban J connectivity index is 1.45. The quantitative estimate of drug-likeness (QED) is 0.304. The molecule has 3 aliphatic rings. The van der Waals surface area contributed by atoms with Gasteiger partial charge in [0.2, 0.25) is 0 Å². The molecule has 4 rings (SSSR count). The zero-order valence-corrected chi connectivity index (χ0v) is 21.3. The van der Waals surface area contributed by atoms with E-state index in [0.29, 0.717) is 23.9 Å². The number of aliphatic hydroxyl groups excluding tert-OH is 1. The van der Waals surface area contributed by atoms with E-state index in [0.717, 1.165) is 56.6 Å². The van der Waals surface area contributed by atoms with Gasteiger partial charge in [0.05, 0.1) is 25.4 Å². The summed E-state index contributed by atoms with van der Waals surface area (Å²) in [5, 5.41) is 10.6. The molecule has 1 N–H and O–H groups in total.